The van der Waals surface area contributed by atoms with E-state index in [0.717, 1.165) is 42.7 Å². The Bertz CT molecular complexity index is 882. The number of aromatic nitrogens is 2. The second-order valence-corrected chi connectivity index (χ2v) is 8.13. The number of rotatable bonds is 3. The topological polar surface area (TPSA) is 58.4 Å². The number of carbonyl (C=O) groups is 2. The summed E-state index contributed by atoms with van der Waals surface area (Å²) in [7, 11) is 2.02. The predicted octanol–water partition coefficient (Wildman–Crippen LogP) is 2.78. The van der Waals surface area contributed by atoms with Crippen LogP contribution in [0, 0.1) is 5.92 Å². The molecule has 2 amide bonds. The Balaban J connectivity index is 1.51. The molecule has 0 bridgehead atoms. The smallest absolute Gasteiger partial charge is 0.253 e. The molecule has 0 radical (unpaired) electrons. The van der Waals surface area contributed by atoms with Gasteiger partial charge in [-0.15, -0.1) is 0 Å². The number of amides is 2. The molecule has 2 fully saturated rings. The number of imidazole rings is 1. The van der Waals surface area contributed by atoms with E-state index in [9.17, 15) is 9.59 Å². The lowest BCUT2D eigenvalue weighted by molar-refractivity contribution is -0.132. The summed E-state index contributed by atoms with van der Waals surface area (Å²) in [6, 6.07) is 5.79. The molecule has 1 aromatic carbocycles. The molecule has 1 aliphatic carbocycles. The molecule has 1 saturated heterocycles. The van der Waals surface area contributed by atoms with Crippen LogP contribution in [0.25, 0.3) is 11.0 Å². The van der Waals surface area contributed by atoms with Crippen LogP contribution in [-0.2, 0) is 11.8 Å². The first kappa shape index (κ1) is 18.0. The molecule has 4 rings (SSSR count). The van der Waals surface area contributed by atoms with E-state index in [1.165, 1.54) is 0 Å². The molecule has 0 atom stereocenters. The maximum atomic E-state index is 13.0. The Hall–Kier alpha value is -2.37. The zero-order valence-electron chi connectivity index (χ0n) is 16.4. The molecule has 1 aromatic heterocycles. The second kappa shape index (κ2) is 6.98. The van der Waals surface area contributed by atoms with Crippen LogP contribution in [0.1, 0.15) is 55.2 Å². The number of hydrogen-bond acceptors (Lipinski definition) is 3. The number of nitrogens with zero attached hydrogens (tertiary/aromatic N) is 4. The van der Waals surface area contributed by atoms with Gasteiger partial charge in [-0.25, -0.2) is 4.98 Å². The number of benzene rings is 1. The van der Waals surface area contributed by atoms with Crippen molar-refractivity contribution in [1.29, 1.82) is 0 Å². The van der Waals surface area contributed by atoms with Crippen LogP contribution in [0.4, 0.5) is 0 Å². The SMILES string of the molecule is CC(C)c1nc2cc(C(=O)N3CCCN(C(=O)C4CC4)CC3)ccc2n1C. The fraction of sp³-hybridized carbons (Fsp3) is 0.571. The first-order valence-electron chi connectivity index (χ1n) is 10.00. The number of hydrogen-bond donors (Lipinski definition) is 0. The van der Waals surface area contributed by atoms with Crippen molar-refractivity contribution in [1.82, 2.24) is 19.4 Å². The summed E-state index contributed by atoms with van der Waals surface area (Å²) in [6.45, 7) is 6.96. The second-order valence-electron chi connectivity index (χ2n) is 8.13. The lowest BCUT2D eigenvalue weighted by atomic mass is 10.1. The van der Waals surface area contributed by atoms with Gasteiger partial charge in [0.2, 0.25) is 5.91 Å². The summed E-state index contributed by atoms with van der Waals surface area (Å²) >= 11 is 0. The van der Waals surface area contributed by atoms with Crippen LogP contribution in [-0.4, -0.2) is 57.3 Å². The van der Waals surface area contributed by atoms with Crippen LogP contribution >= 0.6 is 0 Å². The largest absolute Gasteiger partial charge is 0.341 e. The Morgan fingerprint density at radius 1 is 1.07 bits per heavy atom. The summed E-state index contributed by atoms with van der Waals surface area (Å²) in [4.78, 5) is 33.9. The highest BCUT2D eigenvalue weighted by Crippen LogP contribution is 2.31. The van der Waals surface area contributed by atoms with E-state index in [1.54, 1.807) is 0 Å². The standard InChI is InChI=1S/C21H28N4O2/c1-14(2)19-22-17-13-16(7-8-18(17)23(19)3)21(27)25-10-4-9-24(11-12-25)20(26)15-5-6-15/h7-8,13-15H,4-6,9-12H2,1-3H3. The molecule has 6 nitrogen and oxygen atoms in total. The normalized spacial score (nSPS) is 18.2. The molecule has 2 heterocycles. The van der Waals surface area contributed by atoms with E-state index in [2.05, 4.69) is 18.4 Å². The highest BCUT2D eigenvalue weighted by Gasteiger charge is 2.34. The Labute approximate surface area is 160 Å². The zero-order chi connectivity index (χ0) is 19.1. The van der Waals surface area contributed by atoms with E-state index >= 15 is 0 Å². The Kier molecular flexibility index (Phi) is 4.66. The van der Waals surface area contributed by atoms with Gasteiger partial charge in [0, 0.05) is 50.6 Å². The summed E-state index contributed by atoms with van der Waals surface area (Å²) in [5.74, 6) is 1.92. The van der Waals surface area contributed by atoms with E-state index in [-0.39, 0.29) is 17.7 Å². The third-order valence-corrected chi connectivity index (χ3v) is 5.70. The third-order valence-electron chi connectivity index (χ3n) is 5.70. The molecule has 1 aliphatic heterocycles. The van der Waals surface area contributed by atoms with E-state index in [1.807, 2.05) is 35.0 Å². The fourth-order valence-corrected chi connectivity index (χ4v) is 3.98. The maximum absolute atomic E-state index is 13.0. The van der Waals surface area contributed by atoms with E-state index < -0.39 is 0 Å². The monoisotopic (exact) mass is 368 g/mol. The highest BCUT2D eigenvalue weighted by atomic mass is 16.2. The molecule has 2 aliphatic rings. The molecular formula is C21H28N4O2. The lowest BCUT2D eigenvalue weighted by Crippen LogP contribution is -2.37. The molecule has 6 heteroatoms. The minimum Gasteiger partial charge on any atom is -0.341 e. The van der Waals surface area contributed by atoms with Gasteiger partial charge < -0.3 is 14.4 Å². The van der Waals surface area contributed by atoms with Gasteiger partial charge in [-0.2, -0.15) is 0 Å². The fourth-order valence-electron chi connectivity index (χ4n) is 3.98. The summed E-state index contributed by atoms with van der Waals surface area (Å²) in [6.07, 6.45) is 2.90. The molecule has 0 unspecified atom stereocenters. The van der Waals surface area contributed by atoms with Crippen LogP contribution in [0.5, 0.6) is 0 Å². The molecule has 0 spiro atoms. The average molecular weight is 368 g/mol. The van der Waals surface area contributed by atoms with Crippen LogP contribution in [0.2, 0.25) is 0 Å². The Morgan fingerprint density at radius 3 is 2.48 bits per heavy atom. The van der Waals surface area contributed by atoms with Gasteiger partial charge in [0.1, 0.15) is 5.82 Å². The van der Waals surface area contributed by atoms with Gasteiger partial charge in [0.25, 0.3) is 5.91 Å². The van der Waals surface area contributed by atoms with Crippen LogP contribution in [0.3, 0.4) is 0 Å². The van der Waals surface area contributed by atoms with Crippen molar-refractivity contribution >= 4 is 22.8 Å². The van der Waals surface area contributed by atoms with Gasteiger partial charge >= 0.3 is 0 Å². The first-order chi connectivity index (χ1) is 13.0. The summed E-state index contributed by atoms with van der Waals surface area (Å²) < 4.78 is 2.10. The van der Waals surface area contributed by atoms with Crippen molar-refractivity contribution in [3.63, 3.8) is 0 Å². The number of aryl methyl sites for hydroxylation is 1. The molecule has 1 saturated carbocycles. The van der Waals surface area contributed by atoms with Crippen molar-refractivity contribution in [2.24, 2.45) is 13.0 Å². The number of carbonyl (C=O) groups excluding carboxylic acids is 2. The summed E-state index contributed by atoms with van der Waals surface area (Å²) in [5.41, 5.74) is 2.60. The first-order valence-corrected chi connectivity index (χ1v) is 10.00. The third kappa shape index (κ3) is 3.45. The Morgan fingerprint density at radius 2 is 1.78 bits per heavy atom. The molecule has 0 N–H and O–H groups in total. The van der Waals surface area contributed by atoms with Crippen molar-refractivity contribution in [3.05, 3.63) is 29.6 Å². The zero-order valence-corrected chi connectivity index (χ0v) is 16.4. The molecular weight excluding hydrogens is 340 g/mol. The number of fused-ring (bicyclic) bond motifs is 1. The van der Waals surface area contributed by atoms with Gasteiger partial charge in [-0.1, -0.05) is 13.8 Å². The van der Waals surface area contributed by atoms with Gasteiger partial charge in [0.05, 0.1) is 11.0 Å². The van der Waals surface area contributed by atoms with Crippen molar-refractivity contribution in [2.75, 3.05) is 26.2 Å². The van der Waals surface area contributed by atoms with Gasteiger partial charge in [0.15, 0.2) is 0 Å². The van der Waals surface area contributed by atoms with Crippen molar-refractivity contribution in [3.8, 4) is 0 Å². The van der Waals surface area contributed by atoms with Crippen LogP contribution in [0.15, 0.2) is 18.2 Å². The van der Waals surface area contributed by atoms with Gasteiger partial charge in [-0.05, 0) is 37.5 Å². The lowest BCUT2D eigenvalue weighted by Gasteiger charge is -2.22. The summed E-state index contributed by atoms with van der Waals surface area (Å²) in [5, 5.41) is 0. The molecule has 144 valence electrons. The quantitative estimate of drug-likeness (QED) is 0.837. The minimum atomic E-state index is 0.0365. The average Bonchev–Trinajstić information content (AvgIpc) is 3.47. The van der Waals surface area contributed by atoms with Gasteiger partial charge in [-0.3, -0.25) is 9.59 Å². The predicted molar refractivity (Wildman–Crippen MR) is 105 cm³/mol. The maximum Gasteiger partial charge on any atom is 0.253 e. The van der Waals surface area contributed by atoms with Crippen LogP contribution < -0.4 is 0 Å². The molecule has 27 heavy (non-hydrogen) atoms. The van der Waals surface area contributed by atoms with E-state index in [0.29, 0.717) is 31.1 Å². The molecule has 2 aromatic rings. The van der Waals surface area contributed by atoms with E-state index in [4.69, 9.17) is 4.98 Å². The minimum absolute atomic E-state index is 0.0365. The van der Waals surface area contributed by atoms with Crippen molar-refractivity contribution < 1.29 is 9.59 Å². The van der Waals surface area contributed by atoms with Crippen molar-refractivity contribution in [2.45, 2.75) is 39.0 Å². The highest BCUT2D eigenvalue weighted by molar-refractivity contribution is 5.97.